The molecule has 0 bridgehead atoms. The summed E-state index contributed by atoms with van der Waals surface area (Å²) < 4.78 is 26.7. The number of carbonyl (C=O) groups excluding carboxylic acids is 1. The number of carbonyl (C=O) groups is 1. The molecule has 7 heteroatoms. The standard InChI is InChI=1S/C14H18N2O4S/c1-3-15-14(18)11(2)16-21(19,20)13-8-4-6-12(10-13)7-5-9-17/h4,6,8,10-11,16-17H,3,9H2,1-2H3,(H,15,18). The van der Waals surface area contributed by atoms with Crippen molar-refractivity contribution in [1.29, 1.82) is 0 Å². The first-order valence-corrected chi connectivity index (χ1v) is 7.89. The average molecular weight is 310 g/mol. The molecule has 0 fully saturated rings. The molecule has 114 valence electrons. The van der Waals surface area contributed by atoms with E-state index < -0.39 is 22.0 Å². The zero-order chi connectivity index (χ0) is 15.9. The third-order valence-electron chi connectivity index (χ3n) is 2.53. The molecule has 0 spiro atoms. The van der Waals surface area contributed by atoms with Crippen LogP contribution in [0.4, 0.5) is 0 Å². The number of hydrogen-bond acceptors (Lipinski definition) is 4. The van der Waals surface area contributed by atoms with E-state index in [0.717, 1.165) is 0 Å². The third-order valence-corrected chi connectivity index (χ3v) is 4.07. The molecule has 0 heterocycles. The number of rotatable bonds is 5. The summed E-state index contributed by atoms with van der Waals surface area (Å²) in [7, 11) is -3.81. The van der Waals surface area contributed by atoms with Gasteiger partial charge in [-0.1, -0.05) is 17.9 Å². The summed E-state index contributed by atoms with van der Waals surface area (Å²) in [5, 5.41) is 11.2. The summed E-state index contributed by atoms with van der Waals surface area (Å²) in [5.41, 5.74) is 0.470. The Morgan fingerprint density at radius 3 is 2.76 bits per heavy atom. The zero-order valence-corrected chi connectivity index (χ0v) is 12.7. The Balaban J connectivity index is 2.95. The van der Waals surface area contributed by atoms with E-state index in [4.69, 9.17) is 5.11 Å². The molecule has 1 aromatic carbocycles. The molecule has 0 aliphatic rings. The summed E-state index contributed by atoms with van der Waals surface area (Å²) >= 11 is 0. The molecule has 1 unspecified atom stereocenters. The molecular weight excluding hydrogens is 292 g/mol. The number of amides is 1. The fourth-order valence-electron chi connectivity index (χ4n) is 1.56. The van der Waals surface area contributed by atoms with Gasteiger partial charge in [-0.05, 0) is 32.0 Å². The molecule has 0 saturated heterocycles. The van der Waals surface area contributed by atoms with Crippen LogP contribution in [0.3, 0.4) is 0 Å². The van der Waals surface area contributed by atoms with Gasteiger partial charge in [-0.2, -0.15) is 4.72 Å². The lowest BCUT2D eigenvalue weighted by molar-refractivity contribution is -0.122. The van der Waals surface area contributed by atoms with Crippen molar-refractivity contribution >= 4 is 15.9 Å². The van der Waals surface area contributed by atoms with Crippen molar-refractivity contribution in [2.75, 3.05) is 13.2 Å². The maximum Gasteiger partial charge on any atom is 0.241 e. The van der Waals surface area contributed by atoms with Crippen LogP contribution in [-0.2, 0) is 14.8 Å². The molecule has 0 saturated carbocycles. The number of hydrogen-bond donors (Lipinski definition) is 3. The lowest BCUT2D eigenvalue weighted by Gasteiger charge is -2.13. The molecule has 0 aromatic heterocycles. The summed E-state index contributed by atoms with van der Waals surface area (Å²) in [6, 6.07) is 5.11. The summed E-state index contributed by atoms with van der Waals surface area (Å²) in [6.45, 7) is 3.35. The van der Waals surface area contributed by atoms with Crippen LogP contribution in [0.1, 0.15) is 19.4 Å². The number of aliphatic hydroxyl groups is 1. The first-order chi connectivity index (χ1) is 9.90. The van der Waals surface area contributed by atoms with Gasteiger partial charge in [0.1, 0.15) is 6.61 Å². The Labute approximate surface area is 124 Å². The van der Waals surface area contributed by atoms with Crippen molar-refractivity contribution < 1.29 is 18.3 Å². The summed E-state index contributed by atoms with van der Waals surface area (Å²) in [4.78, 5) is 11.6. The third kappa shape index (κ3) is 5.19. The molecule has 21 heavy (non-hydrogen) atoms. The van der Waals surface area contributed by atoms with Crippen molar-refractivity contribution in [2.45, 2.75) is 24.8 Å². The number of likely N-dealkylation sites (N-methyl/N-ethyl adjacent to an activating group) is 1. The SMILES string of the molecule is CCNC(=O)C(C)NS(=O)(=O)c1cccc(C#CCO)c1. The molecule has 0 aliphatic carbocycles. The van der Waals surface area contributed by atoms with Gasteiger partial charge >= 0.3 is 0 Å². The van der Waals surface area contributed by atoms with Crippen LogP contribution in [0, 0.1) is 11.8 Å². The Kier molecular flexibility index (Phi) is 6.37. The van der Waals surface area contributed by atoms with E-state index in [1.807, 2.05) is 0 Å². The highest BCUT2D eigenvalue weighted by Gasteiger charge is 2.21. The highest BCUT2D eigenvalue weighted by Crippen LogP contribution is 2.11. The summed E-state index contributed by atoms with van der Waals surface area (Å²) in [5.74, 6) is 4.69. The van der Waals surface area contributed by atoms with E-state index in [-0.39, 0.29) is 11.5 Å². The largest absolute Gasteiger partial charge is 0.384 e. The fraction of sp³-hybridized carbons (Fsp3) is 0.357. The van der Waals surface area contributed by atoms with Gasteiger partial charge in [0.15, 0.2) is 0 Å². The molecule has 0 radical (unpaired) electrons. The molecule has 1 aromatic rings. The minimum Gasteiger partial charge on any atom is -0.384 e. The van der Waals surface area contributed by atoms with Gasteiger partial charge in [0.05, 0.1) is 10.9 Å². The van der Waals surface area contributed by atoms with Crippen LogP contribution in [0.5, 0.6) is 0 Å². The van der Waals surface area contributed by atoms with E-state index in [0.29, 0.717) is 12.1 Å². The van der Waals surface area contributed by atoms with Crippen molar-refractivity contribution in [1.82, 2.24) is 10.0 Å². The molecule has 0 aliphatic heterocycles. The maximum atomic E-state index is 12.2. The van der Waals surface area contributed by atoms with E-state index in [2.05, 4.69) is 21.9 Å². The molecular formula is C14H18N2O4S. The normalized spacial score (nSPS) is 12.1. The number of sulfonamides is 1. The van der Waals surface area contributed by atoms with Crippen LogP contribution < -0.4 is 10.0 Å². The lowest BCUT2D eigenvalue weighted by atomic mass is 10.2. The Bertz CT molecular complexity index is 659. The van der Waals surface area contributed by atoms with Crippen LogP contribution in [0.15, 0.2) is 29.2 Å². The second-order valence-corrected chi connectivity index (χ2v) is 5.94. The minimum absolute atomic E-state index is 0.0170. The molecule has 3 N–H and O–H groups in total. The van der Waals surface area contributed by atoms with E-state index in [1.165, 1.54) is 19.1 Å². The predicted molar refractivity (Wildman–Crippen MR) is 78.9 cm³/mol. The second-order valence-electron chi connectivity index (χ2n) is 4.23. The van der Waals surface area contributed by atoms with E-state index >= 15 is 0 Å². The van der Waals surface area contributed by atoms with Gasteiger partial charge in [0.2, 0.25) is 15.9 Å². The van der Waals surface area contributed by atoms with Gasteiger partial charge in [-0.3, -0.25) is 4.79 Å². The Morgan fingerprint density at radius 1 is 1.43 bits per heavy atom. The average Bonchev–Trinajstić information content (AvgIpc) is 2.45. The second kappa shape index (κ2) is 7.78. The highest BCUT2D eigenvalue weighted by atomic mass is 32.2. The Hall–Kier alpha value is -1.88. The molecule has 1 rings (SSSR count). The van der Waals surface area contributed by atoms with Crippen molar-refractivity contribution in [2.24, 2.45) is 0 Å². The number of benzene rings is 1. The van der Waals surface area contributed by atoms with Gasteiger partial charge < -0.3 is 10.4 Å². The number of nitrogens with one attached hydrogen (secondary N) is 2. The van der Waals surface area contributed by atoms with Crippen LogP contribution in [0.25, 0.3) is 0 Å². The van der Waals surface area contributed by atoms with Gasteiger partial charge in [0.25, 0.3) is 0 Å². The molecule has 6 nitrogen and oxygen atoms in total. The number of aliphatic hydroxyl groups excluding tert-OH is 1. The van der Waals surface area contributed by atoms with Crippen LogP contribution >= 0.6 is 0 Å². The quantitative estimate of drug-likeness (QED) is 0.658. The van der Waals surface area contributed by atoms with Crippen molar-refractivity contribution in [3.05, 3.63) is 29.8 Å². The topological polar surface area (TPSA) is 95.5 Å². The van der Waals surface area contributed by atoms with Gasteiger partial charge in [-0.15, -0.1) is 0 Å². The molecule has 1 amide bonds. The summed E-state index contributed by atoms with van der Waals surface area (Å²) in [6.07, 6.45) is 0. The van der Waals surface area contributed by atoms with Crippen molar-refractivity contribution in [3.63, 3.8) is 0 Å². The van der Waals surface area contributed by atoms with Crippen LogP contribution in [0.2, 0.25) is 0 Å². The zero-order valence-electron chi connectivity index (χ0n) is 11.9. The van der Waals surface area contributed by atoms with E-state index in [1.54, 1.807) is 19.1 Å². The van der Waals surface area contributed by atoms with Crippen LogP contribution in [-0.4, -0.2) is 38.6 Å². The van der Waals surface area contributed by atoms with Gasteiger partial charge in [0, 0.05) is 12.1 Å². The highest BCUT2D eigenvalue weighted by molar-refractivity contribution is 7.89. The predicted octanol–water partition coefficient (Wildman–Crippen LogP) is -0.167. The smallest absolute Gasteiger partial charge is 0.241 e. The monoisotopic (exact) mass is 310 g/mol. The Morgan fingerprint density at radius 2 is 2.14 bits per heavy atom. The van der Waals surface area contributed by atoms with E-state index in [9.17, 15) is 13.2 Å². The molecule has 1 atom stereocenters. The first kappa shape index (κ1) is 17.2. The van der Waals surface area contributed by atoms with Gasteiger partial charge in [-0.25, -0.2) is 8.42 Å². The van der Waals surface area contributed by atoms with Crippen molar-refractivity contribution in [3.8, 4) is 11.8 Å². The fourth-order valence-corrected chi connectivity index (χ4v) is 2.81. The first-order valence-electron chi connectivity index (χ1n) is 6.40. The lowest BCUT2D eigenvalue weighted by Crippen LogP contribution is -2.44. The minimum atomic E-state index is -3.81. The maximum absolute atomic E-state index is 12.2.